The molecule has 0 aliphatic heterocycles. The van der Waals surface area contributed by atoms with Crippen molar-refractivity contribution in [1.29, 1.82) is 0 Å². The summed E-state index contributed by atoms with van der Waals surface area (Å²) in [4.78, 5) is 0. The number of hydrogen-bond acceptors (Lipinski definition) is 3. The summed E-state index contributed by atoms with van der Waals surface area (Å²) in [6, 6.07) is 1.87. The molecule has 0 spiro atoms. The molecule has 0 amide bonds. The van der Waals surface area contributed by atoms with E-state index in [1.165, 1.54) is 0 Å². The van der Waals surface area contributed by atoms with E-state index >= 15 is 0 Å². The molecule has 0 aliphatic carbocycles. The van der Waals surface area contributed by atoms with Gasteiger partial charge in [0, 0.05) is 13.2 Å². The summed E-state index contributed by atoms with van der Waals surface area (Å²) in [6.45, 7) is 3.80. The molecule has 0 aliphatic rings. The molecule has 0 bridgehead atoms. The molecule has 0 saturated carbocycles. The third-order valence-corrected chi connectivity index (χ3v) is 1.40. The van der Waals surface area contributed by atoms with Gasteiger partial charge in [-0.25, -0.2) is 0 Å². The predicted molar refractivity (Wildman–Crippen MR) is 36.7 cm³/mol. The van der Waals surface area contributed by atoms with Gasteiger partial charge in [-0.1, -0.05) is 5.16 Å². The van der Waals surface area contributed by atoms with Crippen LogP contribution >= 0.6 is 0 Å². The van der Waals surface area contributed by atoms with Crippen LogP contribution in [0.15, 0.2) is 10.6 Å². The van der Waals surface area contributed by atoms with Crippen molar-refractivity contribution in [2.24, 2.45) is 0 Å². The molecule has 1 rings (SSSR count). The highest BCUT2D eigenvalue weighted by Gasteiger charge is 2.08. The Bertz CT molecular complexity index is 207. The van der Waals surface area contributed by atoms with E-state index in [4.69, 9.17) is 9.26 Å². The average molecular weight is 141 g/mol. The molecule has 1 unspecified atom stereocenters. The van der Waals surface area contributed by atoms with Crippen LogP contribution in [-0.2, 0) is 4.74 Å². The minimum Gasteiger partial charge on any atom is -0.374 e. The van der Waals surface area contributed by atoms with E-state index in [1.807, 2.05) is 19.9 Å². The zero-order valence-electron chi connectivity index (χ0n) is 6.42. The van der Waals surface area contributed by atoms with E-state index in [1.54, 1.807) is 7.11 Å². The Morgan fingerprint density at radius 3 is 2.80 bits per heavy atom. The lowest BCUT2D eigenvalue weighted by molar-refractivity contribution is 0.0931. The van der Waals surface area contributed by atoms with E-state index in [-0.39, 0.29) is 6.10 Å². The number of ether oxygens (including phenoxy) is 1. The lowest BCUT2D eigenvalue weighted by atomic mass is 10.3. The minimum atomic E-state index is 0.00111. The van der Waals surface area contributed by atoms with Crippen LogP contribution in [0, 0.1) is 6.92 Å². The molecule has 1 aromatic rings. The van der Waals surface area contributed by atoms with Crippen molar-refractivity contribution in [3.63, 3.8) is 0 Å². The largest absolute Gasteiger partial charge is 0.374 e. The zero-order valence-corrected chi connectivity index (χ0v) is 6.42. The maximum absolute atomic E-state index is 5.02. The maximum atomic E-state index is 5.02. The summed E-state index contributed by atoms with van der Waals surface area (Å²) in [5.41, 5.74) is 0.888. The highest BCUT2D eigenvalue weighted by Crippen LogP contribution is 2.15. The van der Waals surface area contributed by atoms with Gasteiger partial charge in [0.2, 0.25) is 0 Å². The quantitative estimate of drug-likeness (QED) is 0.628. The predicted octanol–water partition coefficient (Wildman–Crippen LogP) is 1.69. The van der Waals surface area contributed by atoms with Crippen LogP contribution < -0.4 is 0 Å². The van der Waals surface area contributed by atoms with Crippen molar-refractivity contribution in [2.45, 2.75) is 20.0 Å². The fourth-order valence-corrected chi connectivity index (χ4v) is 0.691. The van der Waals surface area contributed by atoms with Gasteiger partial charge >= 0.3 is 0 Å². The van der Waals surface area contributed by atoms with Gasteiger partial charge in [-0.15, -0.1) is 0 Å². The Kier molecular flexibility index (Phi) is 2.06. The Hall–Kier alpha value is -0.830. The fourth-order valence-electron chi connectivity index (χ4n) is 0.691. The molecule has 3 heteroatoms. The number of aryl methyl sites for hydroxylation is 1. The fraction of sp³-hybridized carbons (Fsp3) is 0.571. The first-order valence-corrected chi connectivity index (χ1v) is 3.20. The second-order valence-electron chi connectivity index (χ2n) is 2.25. The number of rotatable bonds is 2. The zero-order chi connectivity index (χ0) is 7.56. The first kappa shape index (κ1) is 7.28. The third-order valence-electron chi connectivity index (χ3n) is 1.40. The van der Waals surface area contributed by atoms with Crippen LogP contribution in [0.1, 0.15) is 24.5 Å². The van der Waals surface area contributed by atoms with Crippen molar-refractivity contribution in [3.05, 3.63) is 17.5 Å². The molecule has 0 aromatic carbocycles. The van der Waals surface area contributed by atoms with Crippen molar-refractivity contribution < 1.29 is 9.26 Å². The summed E-state index contributed by atoms with van der Waals surface area (Å²) in [5.74, 6) is 0.778. The number of aromatic nitrogens is 1. The van der Waals surface area contributed by atoms with Crippen molar-refractivity contribution in [2.75, 3.05) is 7.11 Å². The van der Waals surface area contributed by atoms with Gasteiger partial charge in [0.1, 0.15) is 6.10 Å². The molecular weight excluding hydrogens is 130 g/mol. The van der Waals surface area contributed by atoms with Gasteiger partial charge < -0.3 is 9.26 Å². The van der Waals surface area contributed by atoms with Gasteiger partial charge in [0.25, 0.3) is 0 Å². The van der Waals surface area contributed by atoms with E-state index in [0.717, 1.165) is 11.5 Å². The summed E-state index contributed by atoms with van der Waals surface area (Å²) >= 11 is 0. The van der Waals surface area contributed by atoms with Crippen LogP contribution in [0.3, 0.4) is 0 Å². The molecule has 1 aromatic heterocycles. The normalized spacial score (nSPS) is 13.5. The average Bonchev–Trinajstić information content (AvgIpc) is 2.34. The van der Waals surface area contributed by atoms with Gasteiger partial charge in [0.15, 0.2) is 5.76 Å². The third kappa shape index (κ3) is 1.36. The van der Waals surface area contributed by atoms with Gasteiger partial charge in [-0.3, -0.25) is 0 Å². The first-order valence-electron chi connectivity index (χ1n) is 3.20. The molecule has 0 saturated heterocycles. The lowest BCUT2D eigenvalue weighted by Gasteiger charge is -2.01. The van der Waals surface area contributed by atoms with E-state index in [2.05, 4.69) is 5.16 Å². The summed E-state index contributed by atoms with van der Waals surface area (Å²) < 4.78 is 9.96. The van der Waals surface area contributed by atoms with Crippen LogP contribution in [-0.4, -0.2) is 12.3 Å². The van der Waals surface area contributed by atoms with Crippen molar-refractivity contribution >= 4 is 0 Å². The van der Waals surface area contributed by atoms with Crippen LogP contribution in [0.25, 0.3) is 0 Å². The van der Waals surface area contributed by atoms with E-state index in [9.17, 15) is 0 Å². The van der Waals surface area contributed by atoms with E-state index in [0.29, 0.717) is 0 Å². The Labute approximate surface area is 60.0 Å². The molecule has 10 heavy (non-hydrogen) atoms. The van der Waals surface area contributed by atoms with Crippen molar-refractivity contribution in [3.8, 4) is 0 Å². The smallest absolute Gasteiger partial charge is 0.165 e. The van der Waals surface area contributed by atoms with Crippen LogP contribution in [0.2, 0.25) is 0 Å². The summed E-state index contributed by atoms with van der Waals surface area (Å²) in [5, 5.41) is 3.73. The van der Waals surface area contributed by atoms with E-state index < -0.39 is 0 Å². The Balaban J connectivity index is 2.74. The highest BCUT2D eigenvalue weighted by atomic mass is 16.5. The standard InChI is InChI=1S/C7H11NO2/c1-5-4-7(10-8-5)6(2)9-3/h4,6H,1-3H3. The molecule has 0 N–H and O–H groups in total. The first-order chi connectivity index (χ1) is 4.74. The van der Waals surface area contributed by atoms with Gasteiger partial charge in [-0.2, -0.15) is 0 Å². The monoisotopic (exact) mass is 141 g/mol. The van der Waals surface area contributed by atoms with Gasteiger partial charge in [-0.05, 0) is 13.8 Å². The number of methoxy groups -OCH3 is 1. The highest BCUT2D eigenvalue weighted by molar-refractivity contribution is 5.04. The molecule has 1 heterocycles. The molecule has 0 radical (unpaired) electrons. The number of nitrogens with zero attached hydrogens (tertiary/aromatic N) is 1. The molecule has 0 fully saturated rings. The SMILES string of the molecule is COC(C)c1cc(C)no1. The van der Waals surface area contributed by atoms with Crippen LogP contribution in [0.5, 0.6) is 0 Å². The Morgan fingerprint density at radius 2 is 2.40 bits per heavy atom. The summed E-state index contributed by atoms with van der Waals surface area (Å²) in [7, 11) is 1.64. The van der Waals surface area contributed by atoms with Gasteiger partial charge in [0.05, 0.1) is 5.69 Å². The second-order valence-corrected chi connectivity index (χ2v) is 2.25. The van der Waals surface area contributed by atoms with Crippen molar-refractivity contribution in [1.82, 2.24) is 5.16 Å². The van der Waals surface area contributed by atoms with Crippen LogP contribution in [0.4, 0.5) is 0 Å². The number of hydrogen-bond donors (Lipinski definition) is 0. The molecular formula is C7H11NO2. The molecule has 3 nitrogen and oxygen atoms in total. The second kappa shape index (κ2) is 2.84. The summed E-state index contributed by atoms with van der Waals surface area (Å²) in [6.07, 6.45) is 0.00111. The lowest BCUT2D eigenvalue weighted by Crippen LogP contribution is -1.92. The molecule has 56 valence electrons. The Morgan fingerprint density at radius 1 is 1.70 bits per heavy atom. The maximum Gasteiger partial charge on any atom is 0.165 e. The topological polar surface area (TPSA) is 35.3 Å². The molecule has 1 atom stereocenters. The minimum absolute atomic E-state index is 0.00111.